The Morgan fingerprint density at radius 2 is 2.35 bits per heavy atom. The number of aliphatic hydroxyl groups is 1. The molecule has 1 fully saturated rings. The SMILES string of the molecule is CCCNc1ccc(Cl)c(CN2CCC(C(C)O)C2)n1. The Morgan fingerprint density at radius 1 is 1.55 bits per heavy atom. The van der Waals surface area contributed by atoms with Gasteiger partial charge in [-0.05, 0) is 44.4 Å². The Bertz CT molecular complexity index is 439. The minimum atomic E-state index is -0.235. The number of likely N-dealkylation sites (tertiary alicyclic amines) is 1. The van der Waals surface area contributed by atoms with E-state index in [0.717, 1.165) is 50.5 Å². The maximum atomic E-state index is 9.65. The van der Waals surface area contributed by atoms with Crippen LogP contribution in [0.25, 0.3) is 0 Å². The molecule has 4 nitrogen and oxygen atoms in total. The highest BCUT2D eigenvalue weighted by molar-refractivity contribution is 6.31. The molecule has 0 bridgehead atoms. The summed E-state index contributed by atoms with van der Waals surface area (Å²) in [5.41, 5.74) is 0.916. The van der Waals surface area contributed by atoms with Gasteiger partial charge in [0.25, 0.3) is 0 Å². The molecule has 0 aliphatic carbocycles. The zero-order valence-corrected chi connectivity index (χ0v) is 13.0. The quantitative estimate of drug-likeness (QED) is 0.848. The van der Waals surface area contributed by atoms with Gasteiger partial charge in [0.05, 0.1) is 16.8 Å². The average molecular weight is 298 g/mol. The van der Waals surface area contributed by atoms with Crippen LogP contribution in [0.2, 0.25) is 5.02 Å². The number of aromatic nitrogens is 1. The van der Waals surface area contributed by atoms with E-state index < -0.39 is 0 Å². The van der Waals surface area contributed by atoms with E-state index >= 15 is 0 Å². The number of rotatable bonds is 6. The minimum absolute atomic E-state index is 0.235. The number of nitrogens with zero attached hydrogens (tertiary/aromatic N) is 2. The number of pyridine rings is 1. The second kappa shape index (κ2) is 7.25. The molecule has 2 rings (SSSR count). The zero-order chi connectivity index (χ0) is 14.5. The molecule has 0 amide bonds. The number of halogens is 1. The summed E-state index contributed by atoms with van der Waals surface area (Å²) in [7, 11) is 0. The summed E-state index contributed by atoms with van der Waals surface area (Å²) in [6.45, 7) is 7.59. The molecule has 0 spiro atoms. The van der Waals surface area contributed by atoms with Crippen LogP contribution in [-0.2, 0) is 6.54 Å². The van der Waals surface area contributed by atoms with E-state index in [1.165, 1.54) is 0 Å². The number of hydrogen-bond donors (Lipinski definition) is 2. The van der Waals surface area contributed by atoms with E-state index in [2.05, 4.69) is 22.1 Å². The van der Waals surface area contributed by atoms with Crippen molar-refractivity contribution in [3.05, 3.63) is 22.8 Å². The third kappa shape index (κ3) is 4.08. The van der Waals surface area contributed by atoms with Crippen LogP contribution >= 0.6 is 11.6 Å². The highest BCUT2D eigenvalue weighted by Crippen LogP contribution is 2.24. The van der Waals surface area contributed by atoms with Crippen molar-refractivity contribution >= 4 is 17.4 Å². The third-order valence-electron chi connectivity index (χ3n) is 3.84. The average Bonchev–Trinajstić information content (AvgIpc) is 2.88. The zero-order valence-electron chi connectivity index (χ0n) is 12.3. The lowest BCUT2D eigenvalue weighted by Crippen LogP contribution is -2.24. The van der Waals surface area contributed by atoms with Gasteiger partial charge in [0.2, 0.25) is 0 Å². The Kier molecular flexibility index (Phi) is 5.64. The maximum Gasteiger partial charge on any atom is 0.126 e. The lowest BCUT2D eigenvalue weighted by molar-refractivity contribution is 0.127. The van der Waals surface area contributed by atoms with Crippen LogP contribution in [0.15, 0.2) is 12.1 Å². The molecule has 2 atom stereocenters. The molecule has 0 saturated carbocycles. The van der Waals surface area contributed by atoms with Crippen molar-refractivity contribution in [3.63, 3.8) is 0 Å². The molecule has 1 aliphatic heterocycles. The molecule has 112 valence electrons. The first-order valence-corrected chi connectivity index (χ1v) is 7.77. The van der Waals surface area contributed by atoms with E-state index in [1.807, 2.05) is 19.1 Å². The summed E-state index contributed by atoms with van der Waals surface area (Å²) >= 11 is 6.24. The molecule has 1 aliphatic rings. The largest absolute Gasteiger partial charge is 0.393 e. The highest BCUT2D eigenvalue weighted by atomic mass is 35.5. The van der Waals surface area contributed by atoms with Crippen molar-refractivity contribution in [2.45, 2.75) is 39.3 Å². The Morgan fingerprint density at radius 3 is 3.00 bits per heavy atom. The predicted octanol–water partition coefficient (Wildman–Crippen LogP) is 2.76. The van der Waals surface area contributed by atoms with Gasteiger partial charge in [-0.3, -0.25) is 4.90 Å². The standard InChI is InChI=1S/C15H24ClN3O/c1-3-7-17-15-5-4-13(16)14(18-15)10-19-8-6-12(9-19)11(2)20/h4-5,11-12,20H,3,6-10H2,1-2H3,(H,17,18). The van der Waals surface area contributed by atoms with E-state index in [1.54, 1.807) is 0 Å². The first-order chi connectivity index (χ1) is 9.60. The van der Waals surface area contributed by atoms with Gasteiger partial charge in [0, 0.05) is 19.6 Å². The second-order valence-electron chi connectivity index (χ2n) is 5.58. The van der Waals surface area contributed by atoms with Gasteiger partial charge in [-0.25, -0.2) is 4.98 Å². The third-order valence-corrected chi connectivity index (χ3v) is 4.18. The van der Waals surface area contributed by atoms with Crippen molar-refractivity contribution in [1.82, 2.24) is 9.88 Å². The molecular weight excluding hydrogens is 274 g/mol. The highest BCUT2D eigenvalue weighted by Gasteiger charge is 2.26. The molecule has 20 heavy (non-hydrogen) atoms. The lowest BCUT2D eigenvalue weighted by Gasteiger charge is -2.18. The fourth-order valence-electron chi connectivity index (χ4n) is 2.56. The van der Waals surface area contributed by atoms with E-state index in [4.69, 9.17) is 11.6 Å². The molecular formula is C15H24ClN3O. The fourth-order valence-corrected chi connectivity index (χ4v) is 2.72. The van der Waals surface area contributed by atoms with Gasteiger partial charge in [-0.2, -0.15) is 0 Å². The van der Waals surface area contributed by atoms with Crippen LogP contribution < -0.4 is 5.32 Å². The molecule has 0 aromatic carbocycles. The minimum Gasteiger partial charge on any atom is -0.393 e. The van der Waals surface area contributed by atoms with Gasteiger partial charge in [-0.15, -0.1) is 0 Å². The fraction of sp³-hybridized carbons (Fsp3) is 0.667. The van der Waals surface area contributed by atoms with Crippen molar-refractivity contribution in [2.24, 2.45) is 5.92 Å². The van der Waals surface area contributed by atoms with Crippen LogP contribution in [0.5, 0.6) is 0 Å². The smallest absolute Gasteiger partial charge is 0.126 e. The van der Waals surface area contributed by atoms with Gasteiger partial charge in [0.15, 0.2) is 0 Å². The topological polar surface area (TPSA) is 48.4 Å². The normalized spacial score (nSPS) is 21.1. The van der Waals surface area contributed by atoms with Gasteiger partial charge < -0.3 is 10.4 Å². The van der Waals surface area contributed by atoms with Crippen LogP contribution in [0.3, 0.4) is 0 Å². The first-order valence-electron chi connectivity index (χ1n) is 7.40. The van der Waals surface area contributed by atoms with Gasteiger partial charge in [0.1, 0.15) is 5.82 Å². The summed E-state index contributed by atoms with van der Waals surface area (Å²) < 4.78 is 0. The molecule has 1 aromatic rings. The number of aliphatic hydroxyl groups excluding tert-OH is 1. The van der Waals surface area contributed by atoms with Gasteiger partial charge >= 0.3 is 0 Å². The molecule has 1 aromatic heterocycles. The van der Waals surface area contributed by atoms with Crippen LogP contribution in [0.4, 0.5) is 5.82 Å². The number of anilines is 1. The molecule has 2 N–H and O–H groups in total. The summed E-state index contributed by atoms with van der Waals surface area (Å²) in [6, 6.07) is 3.83. The maximum absolute atomic E-state index is 9.65. The van der Waals surface area contributed by atoms with Crippen molar-refractivity contribution in [2.75, 3.05) is 25.0 Å². The Hall–Kier alpha value is -0.840. The van der Waals surface area contributed by atoms with E-state index in [0.29, 0.717) is 10.9 Å². The monoisotopic (exact) mass is 297 g/mol. The van der Waals surface area contributed by atoms with Crippen molar-refractivity contribution in [3.8, 4) is 0 Å². The summed E-state index contributed by atoms with van der Waals surface area (Å²) in [5.74, 6) is 1.26. The first kappa shape index (κ1) is 15.5. The Labute approximate surface area is 126 Å². The summed E-state index contributed by atoms with van der Waals surface area (Å²) in [6.07, 6.45) is 1.88. The summed E-state index contributed by atoms with van der Waals surface area (Å²) in [5, 5.41) is 13.7. The molecule has 5 heteroatoms. The molecule has 2 heterocycles. The molecule has 2 unspecified atom stereocenters. The van der Waals surface area contributed by atoms with Crippen molar-refractivity contribution in [1.29, 1.82) is 0 Å². The number of hydrogen-bond acceptors (Lipinski definition) is 4. The predicted molar refractivity (Wildman–Crippen MR) is 83.1 cm³/mol. The molecule has 1 saturated heterocycles. The van der Waals surface area contributed by atoms with E-state index in [-0.39, 0.29) is 6.10 Å². The summed E-state index contributed by atoms with van der Waals surface area (Å²) in [4.78, 5) is 6.91. The Balaban J connectivity index is 1.98. The van der Waals surface area contributed by atoms with Crippen molar-refractivity contribution < 1.29 is 5.11 Å². The molecule has 0 radical (unpaired) electrons. The van der Waals surface area contributed by atoms with Crippen LogP contribution in [0.1, 0.15) is 32.4 Å². The van der Waals surface area contributed by atoms with Gasteiger partial charge in [-0.1, -0.05) is 18.5 Å². The van der Waals surface area contributed by atoms with Crippen LogP contribution in [0, 0.1) is 5.92 Å². The number of nitrogens with one attached hydrogen (secondary N) is 1. The second-order valence-corrected chi connectivity index (χ2v) is 5.98. The van der Waals surface area contributed by atoms with E-state index in [9.17, 15) is 5.11 Å². The lowest BCUT2D eigenvalue weighted by atomic mass is 10.0. The van der Waals surface area contributed by atoms with Crippen LogP contribution in [-0.4, -0.2) is 40.7 Å².